The fraction of sp³-hybridized carbons (Fsp3) is 0.923. The number of nitrogens with two attached hydrogens (primary N) is 1. The van der Waals surface area contributed by atoms with Gasteiger partial charge in [-0.3, -0.25) is 4.90 Å². The Balaban J connectivity index is 1.59. The highest BCUT2D eigenvalue weighted by Crippen LogP contribution is 2.20. The van der Waals surface area contributed by atoms with E-state index in [0.29, 0.717) is 4.99 Å². The molecular weight excluding hydrogens is 230 g/mol. The number of nitrogens with zero attached hydrogens (tertiary/aromatic N) is 2. The van der Waals surface area contributed by atoms with Crippen LogP contribution >= 0.6 is 12.2 Å². The summed E-state index contributed by atoms with van der Waals surface area (Å²) in [4.78, 5) is 5.97. The molecule has 2 fully saturated rings. The molecule has 17 heavy (non-hydrogen) atoms. The third-order valence-electron chi connectivity index (χ3n) is 4.05. The molecule has 0 aromatic heterocycles. The topological polar surface area (TPSA) is 32.5 Å². The van der Waals surface area contributed by atoms with Gasteiger partial charge in [-0.25, -0.2) is 0 Å². The third-order valence-corrected chi connectivity index (χ3v) is 4.26. The Bertz CT molecular complexity index is 251. The van der Waals surface area contributed by atoms with Crippen LogP contribution < -0.4 is 5.73 Å². The van der Waals surface area contributed by atoms with E-state index in [1.165, 1.54) is 58.4 Å². The molecule has 2 rings (SSSR count). The largest absolute Gasteiger partial charge is 0.393 e. The lowest BCUT2D eigenvalue weighted by Gasteiger charge is -2.23. The van der Waals surface area contributed by atoms with Gasteiger partial charge in [0.05, 0.1) is 4.99 Å². The highest BCUT2D eigenvalue weighted by Gasteiger charge is 2.28. The maximum Gasteiger partial charge on any atom is 0.0727 e. The summed E-state index contributed by atoms with van der Waals surface area (Å²) in [6, 6.07) is 0.841. The molecule has 0 aromatic rings. The summed E-state index contributed by atoms with van der Waals surface area (Å²) in [7, 11) is 0. The van der Waals surface area contributed by atoms with E-state index >= 15 is 0 Å². The van der Waals surface area contributed by atoms with Gasteiger partial charge >= 0.3 is 0 Å². The second-order valence-electron chi connectivity index (χ2n) is 5.41. The van der Waals surface area contributed by atoms with E-state index in [9.17, 15) is 0 Å². The third kappa shape index (κ3) is 4.19. The van der Waals surface area contributed by atoms with E-state index in [2.05, 4.69) is 9.80 Å². The first-order chi connectivity index (χ1) is 8.25. The summed E-state index contributed by atoms with van der Waals surface area (Å²) < 4.78 is 0. The molecule has 2 aliphatic rings. The van der Waals surface area contributed by atoms with Gasteiger partial charge in [-0.2, -0.15) is 0 Å². The average Bonchev–Trinajstić information content (AvgIpc) is 2.94. The van der Waals surface area contributed by atoms with Crippen LogP contribution in [0, 0.1) is 0 Å². The minimum Gasteiger partial charge on any atom is -0.393 e. The number of hydrogen-bond acceptors (Lipinski definition) is 3. The minimum atomic E-state index is 0.668. The van der Waals surface area contributed by atoms with Crippen LogP contribution in [-0.2, 0) is 0 Å². The van der Waals surface area contributed by atoms with Crippen molar-refractivity contribution in [3.63, 3.8) is 0 Å². The van der Waals surface area contributed by atoms with Crippen molar-refractivity contribution in [2.75, 3.05) is 32.7 Å². The number of rotatable bonds is 6. The first kappa shape index (κ1) is 13.2. The number of hydrogen-bond donors (Lipinski definition) is 1. The molecule has 0 aliphatic carbocycles. The molecule has 0 aromatic carbocycles. The minimum absolute atomic E-state index is 0.668. The lowest BCUT2D eigenvalue weighted by atomic mass is 10.2. The first-order valence-corrected chi connectivity index (χ1v) is 7.41. The van der Waals surface area contributed by atoms with Gasteiger partial charge in [0.2, 0.25) is 0 Å². The Morgan fingerprint density at radius 2 is 1.94 bits per heavy atom. The monoisotopic (exact) mass is 255 g/mol. The molecule has 0 spiro atoms. The Kier molecular flexibility index (Phi) is 5.19. The standard InChI is InChI=1S/C13H25N3S/c14-13(17)5-1-2-7-15-10-6-12(11-15)16-8-3-4-9-16/h12H,1-11H2,(H2,14,17). The lowest BCUT2D eigenvalue weighted by Crippen LogP contribution is -2.35. The van der Waals surface area contributed by atoms with Crippen molar-refractivity contribution in [1.82, 2.24) is 9.80 Å². The zero-order valence-electron chi connectivity index (χ0n) is 10.7. The van der Waals surface area contributed by atoms with Crippen LogP contribution in [-0.4, -0.2) is 53.6 Å². The quantitative estimate of drug-likeness (QED) is 0.577. The van der Waals surface area contributed by atoms with E-state index in [1.807, 2.05) is 0 Å². The number of unbranched alkanes of at least 4 members (excludes halogenated alkanes) is 1. The van der Waals surface area contributed by atoms with Crippen molar-refractivity contribution in [2.24, 2.45) is 5.73 Å². The predicted octanol–water partition coefficient (Wildman–Crippen LogP) is 1.61. The first-order valence-electron chi connectivity index (χ1n) is 7.00. The zero-order valence-corrected chi connectivity index (χ0v) is 11.6. The van der Waals surface area contributed by atoms with Crippen molar-refractivity contribution in [3.8, 4) is 0 Å². The molecule has 4 heteroatoms. The van der Waals surface area contributed by atoms with Crippen molar-refractivity contribution in [1.29, 1.82) is 0 Å². The Hall–Kier alpha value is -0.190. The normalized spacial score (nSPS) is 26.7. The average molecular weight is 255 g/mol. The molecule has 2 N–H and O–H groups in total. The van der Waals surface area contributed by atoms with Crippen LogP contribution in [0.2, 0.25) is 0 Å². The van der Waals surface area contributed by atoms with Crippen LogP contribution in [0.25, 0.3) is 0 Å². The Morgan fingerprint density at radius 1 is 1.18 bits per heavy atom. The molecule has 0 amide bonds. The Morgan fingerprint density at radius 3 is 2.65 bits per heavy atom. The maximum atomic E-state index is 5.50. The van der Waals surface area contributed by atoms with Gasteiger partial charge in [-0.05, 0) is 64.7 Å². The molecular formula is C13H25N3S. The van der Waals surface area contributed by atoms with Gasteiger partial charge in [-0.1, -0.05) is 12.2 Å². The fourth-order valence-corrected chi connectivity index (χ4v) is 3.20. The fourth-order valence-electron chi connectivity index (χ4n) is 3.05. The van der Waals surface area contributed by atoms with Crippen LogP contribution in [0.5, 0.6) is 0 Å². The highest BCUT2D eigenvalue weighted by atomic mass is 32.1. The molecule has 2 saturated heterocycles. The number of thiocarbonyl (C=S) groups is 1. The summed E-state index contributed by atoms with van der Waals surface area (Å²) in [5.74, 6) is 0. The smallest absolute Gasteiger partial charge is 0.0727 e. The molecule has 2 aliphatic heterocycles. The SMILES string of the molecule is NC(=S)CCCCN1CCC(N2CCCC2)C1. The molecule has 2 heterocycles. The summed E-state index contributed by atoms with van der Waals surface area (Å²) in [6.45, 7) is 6.47. The molecule has 1 unspecified atom stereocenters. The van der Waals surface area contributed by atoms with Gasteiger partial charge in [-0.15, -0.1) is 0 Å². The van der Waals surface area contributed by atoms with Crippen LogP contribution in [0.1, 0.15) is 38.5 Å². The van der Waals surface area contributed by atoms with E-state index in [1.54, 1.807) is 0 Å². The van der Waals surface area contributed by atoms with Crippen molar-refractivity contribution >= 4 is 17.2 Å². The zero-order chi connectivity index (χ0) is 12.1. The summed E-state index contributed by atoms with van der Waals surface area (Å²) in [6.07, 6.45) is 7.49. The molecule has 0 saturated carbocycles. The van der Waals surface area contributed by atoms with Gasteiger partial charge in [0, 0.05) is 12.6 Å². The van der Waals surface area contributed by atoms with Crippen LogP contribution in [0.15, 0.2) is 0 Å². The van der Waals surface area contributed by atoms with Crippen molar-refractivity contribution < 1.29 is 0 Å². The van der Waals surface area contributed by atoms with E-state index in [4.69, 9.17) is 18.0 Å². The second kappa shape index (κ2) is 6.66. The van der Waals surface area contributed by atoms with Crippen LogP contribution in [0.4, 0.5) is 0 Å². The van der Waals surface area contributed by atoms with E-state index < -0.39 is 0 Å². The highest BCUT2D eigenvalue weighted by molar-refractivity contribution is 7.80. The second-order valence-corrected chi connectivity index (χ2v) is 5.93. The number of likely N-dealkylation sites (tertiary alicyclic amines) is 2. The van der Waals surface area contributed by atoms with Crippen molar-refractivity contribution in [2.45, 2.75) is 44.6 Å². The van der Waals surface area contributed by atoms with Crippen molar-refractivity contribution in [3.05, 3.63) is 0 Å². The molecule has 0 bridgehead atoms. The molecule has 0 radical (unpaired) electrons. The van der Waals surface area contributed by atoms with E-state index in [-0.39, 0.29) is 0 Å². The predicted molar refractivity (Wildman–Crippen MR) is 76.3 cm³/mol. The maximum absolute atomic E-state index is 5.50. The summed E-state index contributed by atoms with van der Waals surface area (Å²) >= 11 is 4.89. The summed E-state index contributed by atoms with van der Waals surface area (Å²) in [5.41, 5.74) is 5.50. The summed E-state index contributed by atoms with van der Waals surface area (Å²) in [5, 5.41) is 0. The molecule has 3 nitrogen and oxygen atoms in total. The van der Waals surface area contributed by atoms with Gasteiger partial charge in [0.15, 0.2) is 0 Å². The van der Waals surface area contributed by atoms with Crippen LogP contribution in [0.3, 0.4) is 0 Å². The molecule has 98 valence electrons. The lowest BCUT2D eigenvalue weighted by molar-refractivity contribution is 0.231. The Labute approximate surface area is 110 Å². The van der Waals surface area contributed by atoms with Gasteiger partial charge in [0.25, 0.3) is 0 Å². The van der Waals surface area contributed by atoms with E-state index in [0.717, 1.165) is 18.9 Å². The van der Waals surface area contributed by atoms with Gasteiger partial charge in [0.1, 0.15) is 0 Å². The molecule has 1 atom stereocenters. The van der Waals surface area contributed by atoms with Gasteiger partial charge < -0.3 is 10.6 Å².